The van der Waals surface area contributed by atoms with E-state index in [1.807, 2.05) is 36.4 Å². The van der Waals surface area contributed by atoms with Crippen LogP contribution in [0.15, 0.2) is 229 Å². The first-order valence-corrected chi connectivity index (χ1v) is 21.4. The molecular formula is C59H41N3. The Balaban J connectivity index is 1.05. The summed E-state index contributed by atoms with van der Waals surface area (Å²) in [5.74, 6) is 0. The maximum atomic E-state index is 6.48. The number of nitrogens with two attached hydrogens (primary N) is 1. The molecule has 10 aromatic carbocycles. The third kappa shape index (κ3) is 5.56. The van der Waals surface area contributed by atoms with Crippen molar-refractivity contribution in [2.75, 3.05) is 10.6 Å². The molecule has 0 atom stereocenters. The Kier molecular flexibility index (Phi) is 8.29. The molecule has 2 aliphatic rings. The van der Waals surface area contributed by atoms with Crippen molar-refractivity contribution in [2.24, 2.45) is 4.99 Å². The Bertz CT molecular complexity index is 3300. The van der Waals surface area contributed by atoms with Gasteiger partial charge in [-0.05, 0) is 120 Å². The minimum atomic E-state index is -0.590. The van der Waals surface area contributed by atoms with Crippen molar-refractivity contribution < 1.29 is 0 Å². The molecule has 1 heterocycles. The standard InChI is InChI=1S/C59H41N3/c60-55-26-14-12-24-50(55)58(41-15-3-1-4-16-41)61-38-39-27-29-40(30-28-39)46-31-32-49-48-23-11-13-25-51(48)59(52(49)33-46)53-34-42-17-7-9-19-44(42)36-56(53)62(47-21-5-2-6-22-47)57-37-45-20-10-8-18-43(45)35-54(57)59/h1-37H,38,60H2. The van der Waals surface area contributed by atoms with Gasteiger partial charge in [0, 0.05) is 22.5 Å². The van der Waals surface area contributed by atoms with Crippen molar-refractivity contribution in [3.63, 3.8) is 0 Å². The molecule has 0 saturated heterocycles. The second-order valence-electron chi connectivity index (χ2n) is 16.5. The summed E-state index contributed by atoms with van der Waals surface area (Å²) in [6.07, 6.45) is 0. The van der Waals surface area contributed by atoms with Gasteiger partial charge in [-0.2, -0.15) is 0 Å². The summed E-state index contributed by atoms with van der Waals surface area (Å²) < 4.78 is 0. The molecule has 62 heavy (non-hydrogen) atoms. The summed E-state index contributed by atoms with van der Waals surface area (Å²) in [4.78, 5) is 7.67. The topological polar surface area (TPSA) is 41.6 Å². The van der Waals surface area contributed by atoms with Gasteiger partial charge in [0.25, 0.3) is 0 Å². The third-order valence-corrected chi connectivity index (χ3v) is 13.0. The van der Waals surface area contributed by atoms with E-state index in [2.05, 4.69) is 193 Å². The van der Waals surface area contributed by atoms with Gasteiger partial charge in [-0.15, -0.1) is 0 Å². The van der Waals surface area contributed by atoms with Crippen molar-refractivity contribution in [1.29, 1.82) is 0 Å². The zero-order chi connectivity index (χ0) is 41.2. The Hall–Kier alpha value is -8.01. The van der Waals surface area contributed by atoms with Crippen LogP contribution in [0.5, 0.6) is 0 Å². The first kappa shape index (κ1) is 35.9. The Morgan fingerprint density at radius 1 is 0.435 bits per heavy atom. The van der Waals surface area contributed by atoms with E-state index in [-0.39, 0.29) is 0 Å². The maximum absolute atomic E-state index is 6.48. The summed E-state index contributed by atoms with van der Waals surface area (Å²) in [5.41, 5.74) is 24.3. The number of rotatable bonds is 6. The molecule has 10 aromatic rings. The first-order valence-electron chi connectivity index (χ1n) is 21.4. The Labute approximate surface area is 361 Å². The van der Waals surface area contributed by atoms with Crippen LogP contribution >= 0.6 is 0 Å². The minimum Gasteiger partial charge on any atom is -0.398 e. The van der Waals surface area contributed by atoms with Gasteiger partial charge >= 0.3 is 0 Å². The van der Waals surface area contributed by atoms with Crippen molar-refractivity contribution in [1.82, 2.24) is 0 Å². The van der Waals surface area contributed by atoms with Crippen LogP contribution in [-0.2, 0) is 12.0 Å². The van der Waals surface area contributed by atoms with Gasteiger partial charge in [0.15, 0.2) is 0 Å². The molecule has 1 spiro atoms. The summed E-state index contributed by atoms with van der Waals surface area (Å²) in [6.45, 7) is 0.537. The normalized spacial score (nSPS) is 13.5. The molecular weight excluding hydrogens is 751 g/mol. The summed E-state index contributed by atoms with van der Waals surface area (Å²) >= 11 is 0. The molecule has 0 unspecified atom stereocenters. The van der Waals surface area contributed by atoms with Crippen LogP contribution in [0.4, 0.5) is 22.7 Å². The van der Waals surface area contributed by atoms with E-state index in [1.165, 1.54) is 77.4 Å². The van der Waals surface area contributed by atoms with Gasteiger partial charge in [-0.1, -0.05) is 176 Å². The van der Waals surface area contributed by atoms with E-state index in [0.29, 0.717) is 6.54 Å². The molecule has 0 aromatic heterocycles. The number of hydrogen-bond donors (Lipinski definition) is 1. The smallest absolute Gasteiger partial charge is 0.0754 e. The van der Waals surface area contributed by atoms with E-state index in [1.54, 1.807) is 0 Å². The van der Waals surface area contributed by atoms with E-state index >= 15 is 0 Å². The van der Waals surface area contributed by atoms with Crippen LogP contribution in [0, 0.1) is 0 Å². The summed E-state index contributed by atoms with van der Waals surface area (Å²) in [6, 6.07) is 81.7. The van der Waals surface area contributed by atoms with Crippen LogP contribution in [-0.4, -0.2) is 5.71 Å². The largest absolute Gasteiger partial charge is 0.398 e. The molecule has 0 bridgehead atoms. The van der Waals surface area contributed by atoms with Gasteiger partial charge < -0.3 is 10.6 Å². The van der Waals surface area contributed by atoms with Crippen molar-refractivity contribution in [3.8, 4) is 22.3 Å². The number of anilines is 4. The summed E-state index contributed by atoms with van der Waals surface area (Å²) in [7, 11) is 0. The number of para-hydroxylation sites is 2. The Morgan fingerprint density at radius 3 is 1.63 bits per heavy atom. The number of nitrogen functional groups attached to an aromatic ring is 1. The van der Waals surface area contributed by atoms with E-state index in [0.717, 1.165) is 33.8 Å². The number of aliphatic imine (C=N–C) groups is 1. The SMILES string of the molecule is Nc1ccccc1C(=NCc1ccc(-c2ccc3c(c2)C2(c4ccccc4-3)c3cc4ccccc4cc3N(c3ccccc3)c3cc4ccccc4cc32)cc1)c1ccccc1. The fourth-order valence-corrected chi connectivity index (χ4v) is 10.2. The molecule has 2 N–H and O–H groups in total. The zero-order valence-electron chi connectivity index (χ0n) is 34.0. The average molecular weight is 792 g/mol. The molecule has 12 rings (SSSR count). The molecule has 1 aliphatic carbocycles. The number of hydrogen-bond acceptors (Lipinski definition) is 3. The molecule has 0 radical (unpaired) electrons. The van der Waals surface area contributed by atoms with Crippen molar-refractivity contribution in [2.45, 2.75) is 12.0 Å². The molecule has 0 amide bonds. The predicted octanol–water partition coefficient (Wildman–Crippen LogP) is 14.4. The maximum Gasteiger partial charge on any atom is 0.0754 e. The number of fused-ring (bicyclic) bond motifs is 11. The number of nitrogens with zero attached hydrogens (tertiary/aromatic N) is 2. The van der Waals surface area contributed by atoms with Crippen LogP contribution in [0.3, 0.4) is 0 Å². The van der Waals surface area contributed by atoms with Crippen molar-refractivity contribution >= 4 is 50.0 Å². The lowest BCUT2D eigenvalue weighted by atomic mass is 9.63. The summed E-state index contributed by atoms with van der Waals surface area (Å²) in [5, 5.41) is 4.90. The van der Waals surface area contributed by atoms with E-state index in [4.69, 9.17) is 10.7 Å². The lowest BCUT2D eigenvalue weighted by molar-refractivity contribution is 0.756. The highest BCUT2D eigenvalue weighted by Gasteiger charge is 2.52. The lowest BCUT2D eigenvalue weighted by Crippen LogP contribution is -2.36. The highest BCUT2D eigenvalue weighted by molar-refractivity contribution is 6.15. The van der Waals surface area contributed by atoms with Gasteiger partial charge in [0.2, 0.25) is 0 Å². The molecule has 3 heteroatoms. The first-order chi connectivity index (χ1) is 30.6. The second kappa shape index (κ2) is 14.3. The predicted molar refractivity (Wildman–Crippen MR) is 259 cm³/mol. The third-order valence-electron chi connectivity index (χ3n) is 13.0. The van der Waals surface area contributed by atoms with Crippen LogP contribution in [0.1, 0.15) is 38.9 Å². The van der Waals surface area contributed by atoms with Gasteiger partial charge in [-0.3, -0.25) is 4.99 Å². The monoisotopic (exact) mass is 791 g/mol. The Morgan fingerprint density at radius 2 is 0.968 bits per heavy atom. The highest BCUT2D eigenvalue weighted by atomic mass is 15.2. The average Bonchev–Trinajstić information content (AvgIpc) is 3.62. The quantitative estimate of drug-likeness (QED) is 0.135. The molecule has 1 aliphatic heterocycles. The van der Waals surface area contributed by atoms with E-state index < -0.39 is 5.41 Å². The zero-order valence-corrected chi connectivity index (χ0v) is 34.0. The van der Waals surface area contributed by atoms with Gasteiger partial charge in [0.05, 0.1) is 29.0 Å². The van der Waals surface area contributed by atoms with Gasteiger partial charge in [0.1, 0.15) is 0 Å². The lowest BCUT2D eigenvalue weighted by Gasteiger charge is -2.45. The number of benzene rings is 10. The van der Waals surface area contributed by atoms with Crippen LogP contribution in [0.25, 0.3) is 43.8 Å². The van der Waals surface area contributed by atoms with E-state index in [9.17, 15) is 0 Å². The minimum absolute atomic E-state index is 0.537. The van der Waals surface area contributed by atoms with Crippen LogP contribution < -0.4 is 10.6 Å². The molecule has 292 valence electrons. The molecule has 0 saturated carbocycles. The highest BCUT2D eigenvalue weighted by Crippen LogP contribution is 2.64. The molecule has 0 fully saturated rings. The van der Waals surface area contributed by atoms with Crippen molar-refractivity contribution in [3.05, 3.63) is 263 Å². The molecule has 3 nitrogen and oxygen atoms in total. The van der Waals surface area contributed by atoms with Gasteiger partial charge in [-0.25, -0.2) is 0 Å². The second-order valence-corrected chi connectivity index (χ2v) is 16.5. The fourth-order valence-electron chi connectivity index (χ4n) is 10.2. The van der Waals surface area contributed by atoms with Crippen LogP contribution in [0.2, 0.25) is 0 Å². The fraction of sp³-hybridized carbons (Fsp3) is 0.0339.